The molecule has 0 amide bonds. The van der Waals surface area contributed by atoms with Crippen molar-refractivity contribution in [2.45, 2.75) is 63.7 Å². The van der Waals surface area contributed by atoms with E-state index in [9.17, 15) is 0 Å². The maximum Gasteiger partial charge on any atom is 0.157 e. The van der Waals surface area contributed by atoms with Gasteiger partial charge in [-0.25, -0.2) is 0 Å². The van der Waals surface area contributed by atoms with E-state index in [1.54, 1.807) is 0 Å². The Hall–Kier alpha value is -0.180. The molecule has 0 saturated heterocycles. The minimum atomic E-state index is 0.695. The van der Waals surface area contributed by atoms with E-state index in [1.165, 1.54) is 43.7 Å². The van der Waals surface area contributed by atoms with Gasteiger partial charge in [0.1, 0.15) is 0 Å². The van der Waals surface area contributed by atoms with Crippen molar-refractivity contribution in [3.63, 3.8) is 0 Å². The molecule has 2 nitrogen and oxygen atoms in total. The Bertz CT molecular complexity index is 252. The molecule has 1 heterocycles. The lowest BCUT2D eigenvalue weighted by atomic mass is 9.84. The Balaban J connectivity index is 1.77. The van der Waals surface area contributed by atoms with Gasteiger partial charge >= 0.3 is 0 Å². The van der Waals surface area contributed by atoms with Gasteiger partial charge in [0.2, 0.25) is 0 Å². The van der Waals surface area contributed by atoms with Crippen LogP contribution in [0.5, 0.6) is 0 Å². The van der Waals surface area contributed by atoms with Crippen LogP contribution in [0.3, 0.4) is 0 Å². The molecule has 0 bridgehead atoms. The molecule has 2 rings (SSSR count). The van der Waals surface area contributed by atoms with Gasteiger partial charge in [-0.05, 0) is 25.2 Å². The van der Waals surface area contributed by atoms with E-state index < -0.39 is 0 Å². The molecular formula is C13H24N2S. The topological polar surface area (TPSA) is 24.4 Å². The number of nitrogens with zero attached hydrogens (tertiary/aromatic N) is 1. The third-order valence-corrected chi connectivity index (χ3v) is 5.15. The molecule has 0 aromatic rings. The number of nitrogens with one attached hydrogen (secondary N) is 1. The SMILES string of the molecule is CCC1CCCC(NC2=NCC(CC)S2)C1. The fraction of sp³-hybridized carbons (Fsp3) is 0.923. The van der Waals surface area contributed by atoms with Gasteiger partial charge in [0.25, 0.3) is 0 Å². The molecule has 1 aliphatic heterocycles. The van der Waals surface area contributed by atoms with Crippen LogP contribution in [0.25, 0.3) is 0 Å². The van der Waals surface area contributed by atoms with Gasteiger partial charge in [-0.3, -0.25) is 4.99 Å². The monoisotopic (exact) mass is 240 g/mol. The molecular weight excluding hydrogens is 216 g/mol. The summed E-state index contributed by atoms with van der Waals surface area (Å²) in [5, 5.41) is 5.61. The maximum absolute atomic E-state index is 4.60. The second-order valence-corrected chi connectivity index (χ2v) is 6.37. The van der Waals surface area contributed by atoms with Crippen molar-refractivity contribution in [2.24, 2.45) is 10.9 Å². The molecule has 1 aliphatic carbocycles. The van der Waals surface area contributed by atoms with Crippen LogP contribution in [0.2, 0.25) is 0 Å². The van der Waals surface area contributed by atoms with Crippen molar-refractivity contribution < 1.29 is 0 Å². The van der Waals surface area contributed by atoms with E-state index in [0.29, 0.717) is 6.04 Å². The first-order valence-electron chi connectivity index (χ1n) is 6.79. The number of aliphatic imine (C=N–C) groups is 1. The Morgan fingerprint density at radius 3 is 2.88 bits per heavy atom. The van der Waals surface area contributed by atoms with Gasteiger partial charge in [0.05, 0.1) is 6.54 Å². The fourth-order valence-corrected chi connectivity index (χ4v) is 3.69. The van der Waals surface area contributed by atoms with E-state index in [2.05, 4.69) is 24.2 Å². The summed E-state index contributed by atoms with van der Waals surface area (Å²) in [4.78, 5) is 4.60. The Labute approximate surface area is 104 Å². The summed E-state index contributed by atoms with van der Waals surface area (Å²) in [5.41, 5.74) is 0. The molecule has 1 fully saturated rings. The first-order chi connectivity index (χ1) is 7.81. The molecule has 0 radical (unpaired) electrons. The van der Waals surface area contributed by atoms with Crippen molar-refractivity contribution in [3.8, 4) is 0 Å². The van der Waals surface area contributed by atoms with E-state index in [-0.39, 0.29) is 0 Å². The minimum Gasteiger partial charge on any atom is -0.362 e. The van der Waals surface area contributed by atoms with Crippen molar-refractivity contribution >= 4 is 16.9 Å². The van der Waals surface area contributed by atoms with Crippen LogP contribution in [-0.4, -0.2) is 23.0 Å². The zero-order chi connectivity index (χ0) is 11.4. The van der Waals surface area contributed by atoms with Gasteiger partial charge in [-0.2, -0.15) is 0 Å². The third kappa shape index (κ3) is 3.16. The van der Waals surface area contributed by atoms with Crippen LogP contribution >= 0.6 is 11.8 Å². The molecule has 0 aromatic heterocycles. The summed E-state index contributed by atoms with van der Waals surface area (Å²) >= 11 is 1.95. The summed E-state index contributed by atoms with van der Waals surface area (Å²) in [6.07, 6.45) is 8.11. The molecule has 0 aromatic carbocycles. The lowest BCUT2D eigenvalue weighted by molar-refractivity contribution is 0.300. The summed E-state index contributed by atoms with van der Waals surface area (Å²) in [6, 6.07) is 0.695. The van der Waals surface area contributed by atoms with Crippen LogP contribution in [0, 0.1) is 5.92 Å². The van der Waals surface area contributed by atoms with Crippen molar-refractivity contribution in [1.82, 2.24) is 5.32 Å². The first-order valence-corrected chi connectivity index (χ1v) is 7.67. The van der Waals surface area contributed by atoms with Gasteiger partial charge in [0, 0.05) is 11.3 Å². The second kappa shape index (κ2) is 5.95. The normalized spacial score (nSPS) is 34.9. The predicted molar refractivity (Wildman–Crippen MR) is 73.1 cm³/mol. The quantitative estimate of drug-likeness (QED) is 0.817. The molecule has 16 heavy (non-hydrogen) atoms. The van der Waals surface area contributed by atoms with Crippen molar-refractivity contribution in [2.75, 3.05) is 6.54 Å². The molecule has 3 atom stereocenters. The van der Waals surface area contributed by atoms with E-state index in [4.69, 9.17) is 0 Å². The molecule has 1 saturated carbocycles. The lowest BCUT2D eigenvalue weighted by Crippen LogP contribution is -2.36. The average Bonchev–Trinajstić information content (AvgIpc) is 2.77. The fourth-order valence-electron chi connectivity index (χ4n) is 2.68. The number of amidine groups is 1. The van der Waals surface area contributed by atoms with E-state index in [0.717, 1.165) is 17.7 Å². The Kier molecular flexibility index (Phi) is 4.56. The van der Waals surface area contributed by atoms with Crippen LogP contribution in [-0.2, 0) is 0 Å². The number of hydrogen-bond acceptors (Lipinski definition) is 3. The number of hydrogen-bond donors (Lipinski definition) is 1. The summed E-state index contributed by atoms with van der Waals surface area (Å²) in [6.45, 7) is 5.60. The molecule has 3 heteroatoms. The van der Waals surface area contributed by atoms with Crippen molar-refractivity contribution in [1.29, 1.82) is 0 Å². The minimum absolute atomic E-state index is 0.695. The highest BCUT2D eigenvalue weighted by Crippen LogP contribution is 2.28. The first kappa shape index (κ1) is 12.3. The molecule has 1 N–H and O–H groups in total. The standard InChI is InChI=1S/C13H24N2S/c1-3-10-6-5-7-11(8-10)15-13-14-9-12(4-2)16-13/h10-12H,3-9H2,1-2H3,(H,14,15). The summed E-state index contributed by atoms with van der Waals surface area (Å²) in [5.74, 6) is 0.945. The number of thioether (sulfide) groups is 1. The summed E-state index contributed by atoms with van der Waals surface area (Å²) < 4.78 is 0. The van der Waals surface area contributed by atoms with Crippen molar-refractivity contribution in [3.05, 3.63) is 0 Å². The highest BCUT2D eigenvalue weighted by molar-refractivity contribution is 8.14. The largest absolute Gasteiger partial charge is 0.362 e. The summed E-state index contributed by atoms with van der Waals surface area (Å²) in [7, 11) is 0. The van der Waals surface area contributed by atoms with E-state index >= 15 is 0 Å². The maximum atomic E-state index is 4.60. The molecule has 3 unspecified atom stereocenters. The zero-order valence-electron chi connectivity index (χ0n) is 10.5. The van der Waals surface area contributed by atoms with Gasteiger partial charge in [-0.1, -0.05) is 44.9 Å². The molecule has 2 aliphatic rings. The highest BCUT2D eigenvalue weighted by Gasteiger charge is 2.24. The van der Waals surface area contributed by atoms with Crippen LogP contribution in [0.15, 0.2) is 4.99 Å². The van der Waals surface area contributed by atoms with Crippen LogP contribution < -0.4 is 5.32 Å². The third-order valence-electron chi connectivity index (χ3n) is 3.86. The lowest BCUT2D eigenvalue weighted by Gasteiger charge is -2.29. The average molecular weight is 240 g/mol. The predicted octanol–water partition coefficient (Wildman–Crippen LogP) is 3.43. The van der Waals surface area contributed by atoms with Gasteiger partial charge < -0.3 is 5.32 Å². The number of rotatable bonds is 3. The van der Waals surface area contributed by atoms with Crippen LogP contribution in [0.1, 0.15) is 52.4 Å². The smallest absolute Gasteiger partial charge is 0.157 e. The van der Waals surface area contributed by atoms with Gasteiger partial charge in [0.15, 0.2) is 5.17 Å². The molecule has 0 spiro atoms. The zero-order valence-corrected chi connectivity index (χ0v) is 11.4. The second-order valence-electron chi connectivity index (χ2n) is 5.08. The molecule has 92 valence electrons. The van der Waals surface area contributed by atoms with E-state index in [1.807, 2.05) is 11.8 Å². The highest BCUT2D eigenvalue weighted by atomic mass is 32.2. The Morgan fingerprint density at radius 2 is 2.19 bits per heavy atom. The Morgan fingerprint density at radius 1 is 1.31 bits per heavy atom. The van der Waals surface area contributed by atoms with Crippen LogP contribution in [0.4, 0.5) is 0 Å². The van der Waals surface area contributed by atoms with Gasteiger partial charge in [-0.15, -0.1) is 0 Å².